The van der Waals surface area contributed by atoms with Crippen molar-refractivity contribution in [3.63, 3.8) is 0 Å². The van der Waals surface area contributed by atoms with Crippen LogP contribution in [0.2, 0.25) is 5.02 Å². The molecule has 130 valence electrons. The molecule has 1 N–H and O–H groups in total. The minimum Gasteiger partial charge on any atom is -0.323 e. The molecule has 3 aromatic rings. The molecular weight excluding hydrogens is 365 g/mol. The second-order valence-electron chi connectivity index (χ2n) is 5.40. The average molecular weight is 380 g/mol. The first kappa shape index (κ1) is 17.6. The number of carbonyl (C=O) groups is 1. The van der Waals surface area contributed by atoms with Crippen LogP contribution < -0.4 is 5.32 Å². The van der Waals surface area contributed by atoms with Gasteiger partial charge in [0.25, 0.3) is 5.78 Å². The van der Waals surface area contributed by atoms with Gasteiger partial charge in [-0.25, -0.2) is 13.9 Å². The van der Waals surface area contributed by atoms with Crippen molar-refractivity contribution >= 4 is 40.7 Å². The highest BCUT2D eigenvalue weighted by molar-refractivity contribution is 7.98. The number of fused-ring (bicyclic) bond motifs is 1. The summed E-state index contributed by atoms with van der Waals surface area (Å²) < 4.78 is 15.5. The Labute approximate surface area is 152 Å². The molecule has 9 heteroatoms. The zero-order valence-electron chi connectivity index (χ0n) is 13.8. The Morgan fingerprint density at radius 2 is 2.12 bits per heavy atom. The molecule has 0 aliphatic heterocycles. The van der Waals surface area contributed by atoms with Crippen molar-refractivity contribution < 1.29 is 9.18 Å². The molecule has 0 aliphatic carbocycles. The van der Waals surface area contributed by atoms with Crippen molar-refractivity contribution in [2.45, 2.75) is 25.4 Å². The molecule has 0 spiro atoms. The van der Waals surface area contributed by atoms with Crippen LogP contribution >= 0.6 is 23.4 Å². The van der Waals surface area contributed by atoms with Gasteiger partial charge in [0.15, 0.2) is 5.82 Å². The number of carbonyl (C=O) groups excluding carboxylic acids is 1. The number of thioether (sulfide) groups is 1. The number of nitrogens with zero attached hydrogens (tertiary/aromatic N) is 4. The number of rotatable bonds is 4. The highest BCUT2D eigenvalue weighted by Crippen LogP contribution is 2.23. The number of amides is 1. The van der Waals surface area contributed by atoms with Crippen LogP contribution in [0.15, 0.2) is 23.4 Å². The minimum absolute atomic E-state index is 0.0412. The SMILES string of the molecule is CSc1nc2nc(C)c(CC(=O)Nc3cccc(Cl)c3F)c(C)n2n1. The van der Waals surface area contributed by atoms with E-state index in [1.165, 1.54) is 23.9 Å². The first-order valence-corrected chi connectivity index (χ1v) is 9.01. The third-order valence-electron chi connectivity index (χ3n) is 3.78. The van der Waals surface area contributed by atoms with E-state index >= 15 is 0 Å². The normalized spacial score (nSPS) is 11.1. The van der Waals surface area contributed by atoms with Crippen LogP contribution in [-0.2, 0) is 11.2 Å². The lowest BCUT2D eigenvalue weighted by Gasteiger charge is -2.11. The van der Waals surface area contributed by atoms with Gasteiger partial charge >= 0.3 is 0 Å². The fraction of sp³-hybridized carbons (Fsp3) is 0.250. The Kier molecular flexibility index (Phi) is 4.91. The summed E-state index contributed by atoms with van der Waals surface area (Å²) in [6, 6.07) is 4.46. The molecule has 0 aliphatic rings. The molecule has 1 amide bonds. The maximum Gasteiger partial charge on any atom is 0.253 e. The van der Waals surface area contributed by atoms with Crippen molar-refractivity contribution in [1.29, 1.82) is 0 Å². The third-order valence-corrected chi connectivity index (χ3v) is 4.61. The Balaban J connectivity index is 1.89. The summed E-state index contributed by atoms with van der Waals surface area (Å²) in [5, 5.41) is 7.46. The largest absolute Gasteiger partial charge is 0.323 e. The number of aryl methyl sites for hydroxylation is 2. The maximum absolute atomic E-state index is 13.9. The summed E-state index contributed by atoms with van der Waals surface area (Å²) in [4.78, 5) is 21.0. The summed E-state index contributed by atoms with van der Waals surface area (Å²) in [5.74, 6) is -0.524. The lowest BCUT2D eigenvalue weighted by molar-refractivity contribution is -0.115. The standard InChI is InChI=1S/C16H15ClFN5OS/c1-8-10(9(2)23-15(19-8)21-16(22-23)25-3)7-13(24)20-12-6-4-5-11(17)14(12)18/h4-6H,7H2,1-3H3,(H,20,24). The van der Waals surface area contributed by atoms with Crippen LogP contribution in [0.25, 0.3) is 5.78 Å². The van der Waals surface area contributed by atoms with Crippen LogP contribution in [0.1, 0.15) is 17.0 Å². The Bertz CT molecular complexity index is 975. The predicted octanol–water partition coefficient (Wildman–Crippen LogP) is 3.44. The Hall–Kier alpha value is -2.19. The van der Waals surface area contributed by atoms with Gasteiger partial charge in [-0.15, -0.1) is 5.10 Å². The Morgan fingerprint density at radius 1 is 1.36 bits per heavy atom. The van der Waals surface area contributed by atoms with E-state index in [0.717, 1.165) is 11.3 Å². The first-order chi connectivity index (χ1) is 11.9. The highest BCUT2D eigenvalue weighted by Gasteiger charge is 2.17. The van der Waals surface area contributed by atoms with Gasteiger partial charge in [0.2, 0.25) is 11.1 Å². The van der Waals surface area contributed by atoms with Gasteiger partial charge in [0.1, 0.15) is 0 Å². The number of anilines is 1. The lowest BCUT2D eigenvalue weighted by atomic mass is 10.1. The maximum atomic E-state index is 13.9. The molecule has 25 heavy (non-hydrogen) atoms. The molecule has 0 radical (unpaired) electrons. The summed E-state index contributed by atoms with van der Waals surface area (Å²) in [5.41, 5.74) is 2.24. The summed E-state index contributed by atoms with van der Waals surface area (Å²) >= 11 is 7.15. The van der Waals surface area contributed by atoms with E-state index in [1.807, 2.05) is 20.1 Å². The quantitative estimate of drug-likeness (QED) is 0.703. The minimum atomic E-state index is -0.652. The number of hydrogen-bond donors (Lipinski definition) is 1. The number of nitrogens with one attached hydrogen (secondary N) is 1. The van der Waals surface area contributed by atoms with Crippen molar-refractivity contribution in [2.75, 3.05) is 11.6 Å². The van der Waals surface area contributed by atoms with Crippen molar-refractivity contribution in [3.05, 3.63) is 46.0 Å². The van der Waals surface area contributed by atoms with Crippen LogP contribution in [0.3, 0.4) is 0 Å². The lowest BCUT2D eigenvalue weighted by Crippen LogP contribution is -2.18. The predicted molar refractivity (Wildman–Crippen MR) is 95.8 cm³/mol. The van der Waals surface area contributed by atoms with Crippen LogP contribution in [0, 0.1) is 19.7 Å². The molecule has 1 aromatic carbocycles. The van der Waals surface area contributed by atoms with Crippen LogP contribution in [0.5, 0.6) is 0 Å². The Morgan fingerprint density at radius 3 is 2.84 bits per heavy atom. The number of hydrogen-bond acceptors (Lipinski definition) is 5. The summed E-state index contributed by atoms with van der Waals surface area (Å²) in [6.45, 7) is 3.66. The monoisotopic (exact) mass is 379 g/mol. The highest BCUT2D eigenvalue weighted by atomic mass is 35.5. The van der Waals surface area contributed by atoms with E-state index in [4.69, 9.17) is 11.6 Å². The van der Waals surface area contributed by atoms with Crippen LogP contribution in [0.4, 0.5) is 10.1 Å². The van der Waals surface area contributed by atoms with E-state index in [-0.39, 0.29) is 23.0 Å². The molecule has 0 bridgehead atoms. The van der Waals surface area contributed by atoms with E-state index in [1.54, 1.807) is 10.6 Å². The first-order valence-electron chi connectivity index (χ1n) is 7.41. The summed E-state index contributed by atoms with van der Waals surface area (Å²) in [6.07, 6.45) is 1.92. The van der Waals surface area contributed by atoms with E-state index in [9.17, 15) is 9.18 Å². The zero-order chi connectivity index (χ0) is 18.1. The van der Waals surface area contributed by atoms with E-state index < -0.39 is 5.82 Å². The van der Waals surface area contributed by atoms with Crippen molar-refractivity contribution in [2.24, 2.45) is 0 Å². The van der Waals surface area contributed by atoms with E-state index in [2.05, 4.69) is 20.4 Å². The van der Waals surface area contributed by atoms with E-state index in [0.29, 0.717) is 16.6 Å². The summed E-state index contributed by atoms with van der Waals surface area (Å²) in [7, 11) is 0. The number of benzene rings is 1. The third kappa shape index (κ3) is 3.45. The topological polar surface area (TPSA) is 72.2 Å². The van der Waals surface area contributed by atoms with Gasteiger partial charge in [-0.1, -0.05) is 29.4 Å². The average Bonchev–Trinajstić information content (AvgIpc) is 2.99. The van der Waals surface area contributed by atoms with Gasteiger partial charge < -0.3 is 5.32 Å². The van der Waals surface area contributed by atoms with Gasteiger partial charge in [0.05, 0.1) is 17.1 Å². The van der Waals surface area contributed by atoms with Gasteiger partial charge in [0, 0.05) is 17.0 Å². The smallest absolute Gasteiger partial charge is 0.253 e. The molecule has 0 saturated carbocycles. The fourth-order valence-corrected chi connectivity index (χ4v) is 3.00. The second-order valence-corrected chi connectivity index (χ2v) is 6.58. The molecule has 2 aromatic heterocycles. The molecular formula is C16H15ClFN5OS. The van der Waals surface area contributed by atoms with Gasteiger partial charge in [-0.05, 0) is 32.2 Å². The molecule has 0 atom stereocenters. The molecule has 0 saturated heterocycles. The number of aromatic nitrogens is 4. The number of halogens is 2. The van der Waals surface area contributed by atoms with Crippen molar-refractivity contribution in [3.8, 4) is 0 Å². The van der Waals surface area contributed by atoms with Gasteiger partial charge in [-0.2, -0.15) is 4.98 Å². The second kappa shape index (κ2) is 6.97. The zero-order valence-corrected chi connectivity index (χ0v) is 15.4. The van der Waals surface area contributed by atoms with Crippen LogP contribution in [-0.4, -0.2) is 31.7 Å². The molecule has 6 nitrogen and oxygen atoms in total. The molecule has 0 fully saturated rings. The fourth-order valence-electron chi connectivity index (χ4n) is 2.49. The molecule has 0 unspecified atom stereocenters. The van der Waals surface area contributed by atoms with Gasteiger partial charge in [-0.3, -0.25) is 4.79 Å². The molecule has 3 rings (SSSR count). The molecule has 2 heterocycles. The van der Waals surface area contributed by atoms with Crippen molar-refractivity contribution in [1.82, 2.24) is 19.6 Å².